The Morgan fingerprint density at radius 2 is 1.54 bits per heavy atom. The third-order valence-electron chi connectivity index (χ3n) is 13.5. The summed E-state index contributed by atoms with van der Waals surface area (Å²) in [6.07, 6.45) is 13.2. The lowest BCUT2D eigenvalue weighted by Crippen LogP contribution is -2.66. The zero-order chi connectivity index (χ0) is 26.6. The SMILES string of the molecule is CC1CCC2(C)CCC3(C)C(=CC(=O)C4C5(C)C=CC(=O)C(C)(c6ccccc6)C5CCC43C)C2C1C. The summed E-state index contributed by atoms with van der Waals surface area (Å²) in [6.45, 7) is 16.8. The van der Waals surface area contributed by atoms with Crippen molar-refractivity contribution in [2.45, 2.75) is 92.4 Å². The van der Waals surface area contributed by atoms with Crippen LogP contribution in [0.2, 0.25) is 0 Å². The van der Waals surface area contributed by atoms with Crippen LogP contribution in [0.1, 0.15) is 92.6 Å². The van der Waals surface area contributed by atoms with Crippen LogP contribution in [0.15, 0.2) is 54.1 Å². The normalized spacial score (nSPS) is 50.9. The van der Waals surface area contributed by atoms with Crippen molar-refractivity contribution in [2.75, 3.05) is 0 Å². The summed E-state index contributed by atoms with van der Waals surface area (Å²) >= 11 is 0. The number of carbonyl (C=O) groups excluding carboxylic acids is 2. The molecule has 3 fully saturated rings. The summed E-state index contributed by atoms with van der Waals surface area (Å²) in [4.78, 5) is 28.1. The fourth-order valence-corrected chi connectivity index (χ4v) is 10.9. The first kappa shape index (κ1) is 25.3. The van der Waals surface area contributed by atoms with Crippen LogP contribution in [0, 0.1) is 51.2 Å². The molecule has 2 heteroatoms. The second-order valence-electron chi connectivity index (χ2n) is 14.9. The second kappa shape index (κ2) is 7.80. The molecule has 198 valence electrons. The minimum Gasteiger partial charge on any atom is -0.294 e. The molecule has 2 nitrogen and oxygen atoms in total. The fourth-order valence-electron chi connectivity index (χ4n) is 10.9. The molecule has 0 amide bonds. The zero-order valence-corrected chi connectivity index (χ0v) is 24.1. The highest BCUT2D eigenvalue weighted by Crippen LogP contribution is 2.74. The zero-order valence-electron chi connectivity index (χ0n) is 24.1. The van der Waals surface area contributed by atoms with Crippen molar-refractivity contribution in [3.8, 4) is 0 Å². The Kier molecular flexibility index (Phi) is 5.34. The van der Waals surface area contributed by atoms with Crippen molar-refractivity contribution in [1.29, 1.82) is 0 Å². The standard InChI is InChI=1S/C35H46O2/c1-22-13-16-31(3)19-20-33(5)25(29(31)23(22)2)21-26(36)30-32(4)17-15-28(37)35(7,24-11-9-8-10-12-24)27(32)14-18-34(30,33)6/h8-12,15,17,21-23,27,29-30H,13-14,16,18-20H2,1-7H3. The van der Waals surface area contributed by atoms with Gasteiger partial charge < -0.3 is 0 Å². The number of rotatable bonds is 1. The summed E-state index contributed by atoms with van der Waals surface area (Å²) in [7, 11) is 0. The molecule has 1 aromatic carbocycles. The molecule has 3 saturated carbocycles. The van der Waals surface area contributed by atoms with Crippen LogP contribution in [-0.2, 0) is 15.0 Å². The van der Waals surface area contributed by atoms with E-state index in [2.05, 4.69) is 72.8 Å². The van der Waals surface area contributed by atoms with E-state index in [0.29, 0.717) is 29.0 Å². The molecule has 10 unspecified atom stereocenters. The Bertz CT molecular complexity index is 1210. The first-order valence-electron chi connectivity index (χ1n) is 14.9. The number of fused-ring (bicyclic) bond motifs is 7. The van der Waals surface area contributed by atoms with Gasteiger partial charge in [0.1, 0.15) is 0 Å². The molecule has 0 spiro atoms. The Morgan fingerprint density at radius 1 is 0.838 bits per heavy atom. The van der Waals surface area contributed by atoms with Gasteiger partial charge in [-0.1, -0.05) is 83.5 Å². The molecule has 5 aliphatic rings. The summed E-state index contributed by atoms with van der Waals surface area (Å²) in [6, 6.07) is 10.3. The molecule has 0 saturated heterocycles. The average molecular weight is 499 g/mol. The highest BCUT2D eigenvalue weighted by atomic mass is 16.1. The summed E-state index contributed by atoms with van der Waals surface area (Å²) in [5, 5.41) is 0. The van der Waals surface area contributed by atoms with Gasteiger partial charge in [0.15, 0.2) is 11.6 Å². The van der Waals surface area contributed by atoms with Crippen LogP contribution < -0.4 is 0 Å². The second-order valence-corrected chi connectivity index (χ2v) is 14.9. The van der Waals surface area contributed by atoms with Crippen molar-refractivity contribution in [1.82, 2.24) is 0 Å². The van der Waals surface area contributed by atoms with Gasteiger partial charge in [-0.2, -0.15) is 0 Å². The number of allylic oxidation sites excluding steroid dienone is 4. The van der Waals surface area contributed by atoms with E-state index in [-0.39, 0.29) is 33.9 Å². The van der Waals surface area contributed by atoms with E-state index in [1.165, 1.54) is 31.3 Å². The van der Waals surface area contributed by atoms with E-state index in [0.717, 1.165) is 18.4 Å². The van der Waals surface area contributed by atoms with Crippen LogP contribution in [0.4, 0.5) is 0 Å². The van der Waals surface area contributed by atoms with E-state index >= 15 is 0 Å². The summed E-state index contributed by atoms with van der Waals surface area (Å²) < 4.78 is 0. The van der Waals surface area contributed by atoms with Crippen LogP contribution in [-0.4, -0.2) is 11.6 Å². The molecule has 0 heterocycles. The Labute approximate surface area is 224 Å². The lowest BCUT2D eigenvalue weighted by molar-refractivity contribution is -0.166. The summed E-state index contributed by atoms with van der Waals surface area (Å²) in [5.41, 5.74) is 1.85. The van der Waals surface area contributed by atoms with Gasteiger partial charge in [0.25, 0.3) is 0 Å². The molecule has 0 bridgehead atoms. The molecule has 0 radical (unpaired) electrons. The molecule has 0 aliphatic heterocycles. The smallest absolute Gasteiger partial charge is 0.165 e. The predicted molar refractivity (Wildman–Crippen MR) is 150 cm³/mol. The van der Waals surface area contributed by atoms with Crippen LogP contribution >= 0.6 is 0 Å². The van der Waals surface area contributed by atoms with Gasteiger partial charge in [-0.05, 0) is 103 Å². The van der Waals surface area contributed by atoms with Crippen molar-refractivity contribution in [2.24, 2.45) is 51.2 Å². The van der Waals surface area contributed by atoms with Crippen LogP contribution in [0.3, 0.4) is 0 Å². The minimum atomic E-state index is -0.601. The van der Waals surface area contributed by atoms with Crippen molar-refractivity contribution in [3.63, 3.8) is 0 Å². The van der Waals surface area contributed by atoms with Gasteiger partial charge in [-0.3, -0.25) is 9.59 Å². The quantitative estimate of drug-likeness (QED) is 0.392. The molecular formula is C35H46O2. The Hall–Kier alpha value is -1.96. The molecule has 6 rings (SSSR count). The first-order chi connectivity index (χ1) is 17.3. The van der Waals surface area contributed by atoms with Crippen molar-refractivity contribution in [3.05, 3.63) is 59.7 Å². The molecule has 0 N–H and O–H groups in total. The first-order valence-corrected chi connectivity index (χ1v) is 14.9. The van der Waals surface area contributed by atoms with Gasteiger partial charge in [0.05, 0.1) is 5.41 Å². The molecule has 0 aromatic heterocycles. The van der Waals surface area contributed by atoms with Gasteiger partial charge >= 0.3 is 0 Å². The van der Waals surface area contributed by atoms with Crippen LogP contribution in [0.25, 0.3) is 0 Å². The number of carbonyl (C=O) groups is 2. The highest BCUT2D eigenvalue weighted by Gasteiger charge is 2.70. The minimum absolute atomic E-state index is 0.0213. The van der Waals surface area contributed by atoms with Gasteiger partial charge in [-0.25, -0.2) is 0 Å². The predicted octanol–water partition coefficient (Wildman–Crippen LogP) is 8.12. The van der Waals surface area contributed by atoms with Gasteiger partial charge in [0.2, 0.25) is 0 Å². The van der Waals surface area contributed by atoms with Crippen molar-refractivity contribution >= 4 is 11.6 Å². The lowest BCUT2D eigenvalue weighted by atomic mass is 9.33. The van der Waals surface area contributed by atoms with E-state index in [1.54, 1.807) is 0 Å². The maximum absolute atomic E-state index is 14.5. The monoisotopic (exact) mass is 498 g/mol. The third kappa shape index (κ3) is 2.99. The molecule has 10 atom stereocenters. The number of hydrogen-bond donors (Lipinski definition) is 0. The number of benzene rings is 1. The molecule has 5 aliphatic carbocycles. The van der Waals surface area contributed by atoms with Gasteiger partial charge in [0, 0.05) is 11.3 Å². The third-order valence-corrected chi connectivity index (χ3v) is 13.5. The molecular weight excluding hydrogens is 452 g/mol. The topological polar surface area (TPSA) is 34.1 Å². The maximum Gasteiger partial charge on any atom is 0.165 e. The largest absolute Gasteiger partial charge is 0.294 e. The Morgan fingerprint density at radius 3 is 2.24 bits per heavy atom. The van der Waals surface area contributed by atoms with Crippen LogP contribution in [0.5, 0.6) is 0 Å². The average Bonchev–Trinajstić information content (AvgIpc) is 2.86. The molecule has 37 heavy (non-hydrogen) atoms. The number of ketones is 2. The van der Waals surface area contributed by atoms with E-state index in [4.69, 9.17) is 0 Å². The Balaban J connectivity index is 1.50. The van der Waals surface area contributed by atoms with E-state index in [1.807, 2.05) is 24.3 Å². The van der Waals surface area contributed by atoms with Gasteiger partial charge in [-0.15, -0.1) is 0 Å². The number of hydrogen-bond acceptors (Lipinski definition) is 2. The summed E-state index contributed by atoms with van der Waals surface area (Å²) in [5.74, 6) is 2.34. The van der Waals surface area contributed by atoms with Crippen molar-refractivity contribution < 1.29 is 9.59 Å². The maximum atomic E-state index is 14.5. The highest BCUT2D eigenvalue weighted by molar-refractivity contribution is 6.02. The lowest BCUT2D eigenvalue weighted by Gasteiger charge is -2.69. The van der Waals surface area contributed by atoms with E-state index < -0.39 is 5.41 Å². The van der Waals surface area contributed by atoms with E-state index in [9.17, 15) is 9.59 Å². The fraction of sp³-hybridized carbons (Fsp3) is 0.657. The molecule has 1 aromatic rings.